The Morgan fingerprint density at radius 3 is 2.15 bits per heavy atom. The maximum atomic E-state index is 14.3. The molecule has 0 aromatic heterocycles. The van der Waals surface area contributed by atoms with Crippen LogP contribution in [0.15, 0.2) is 24.3 Å². The second-order valence-electron chi connectivity index (χ2n) is 12.8. The van der Waals surface area contributed by atoms with E-state index in [2.05, 4.69) is 10.6 Å². The number of benzene rings is 1. The first-order valence-corrected chi connectivity index (χ1v) is 14.9. The van der Waals surface area contributed by atoms with Gasteiger partial charge in [-0.05, 0) is 66.4 Å². The number of likely N-dealkylation sites (tertiary alicyclic amines) is 1. The Morgan fingerprint density at radius 2 is 1.61 bits per heavy atom. The summed E-state index contributed by atoms with van der Waals surface area (Å²) >= 11 is 0. The Hall–Kier alpha value is -3.43. The van der Waals surface area contributed by atoms with E-state index in [1.165, 1.54) is 0 Å². The summed E-state index contributed by atoms with van der Waals surface area (Å²) in [7, 11) is 0. The summed E-state index contributed by atoms with van der Waals surface area (Å²) in [4.78, 5) is 66.6. The van der Waals surface area contributed by atoms with Crippen LogP contribution in [0, 0.1) is 29.6 Å². The largest absolute Gasteiger partial charge is 0.449 e. The van der Waals surface area contributed by atoms with Crippen LogP contribution in [0.1, 0.15) is 64.5 Å². The number of nitrogens with one attached hydrogen (secondary N) is 2. The number of amides is 4. The number of hydrogen-bond acceptors (Lipinski definition) is 6. The maximum absolute atomic E-state index is 14.3. The summed E-state index contributed by atoms with van der Waals surface area (Å²) in [6.07, 6.45) is 3.22. The van der Waals surface area contributed by atoms with E-state index in [0.29, 0.717) is 32.2 Å². The maximum Gasteiger partial charge on any atom is 0.407 e. The predicted molar refractivity (Wildman–Crippen MR) is 152 cm³/mol. The number of carbonyl (C=O) groups excluding carboxylic acids is 5. The minimum absolute atomic E-state index is 0.0535. The molecule has 10 heteroatoms. The highest BCUT2D eigenvalue weighted by atomic mass is 16.5. The van der Waals surface area contributed by atoms with Crippen molar-refractivity contribution in [3.8, 4) is 0 Å². The number of hydrogen-bond donors (Lipinski definition) is 3. The van der Waals surface area contributed by atoms with Crippen LogP contribution in [0.25, 0.3) is 0 Å². The summed E-state index contributed by atoms with van der Waals surface area (Å²) in [5, 5.41) is 5.59. The van der Waals surface area contributed by atoms with Gasteiger partial charge in [0.25, 0.3) is 5.91 Å². The standard InChI is InChI=1S/C31H44N4O6/c1-17(2)16-41-31(40)34-26(22-12-20-7-5-6-8-21(20)13-22)30(39)35-15-23(18(3)4)14-25(35)29(38)33-24(11-19-9-10-19)27(36)28(32)37/h5-8,17-19,22-26H,9-16H2,1-4H3,(H2,32,37)(H,33,38)(H,34,40)/t23-,24?,25+,26+/m1/s1. The average Bonchev–Trinajstić information content (AvgIpc) is 3.45. The van der Waals surface area contributed by atoms with E-state index in [-0.39, 0.29) is 42.1 Å². The van der Waals surface area contributed by atoms with E-state index in [4.69, 9.17) is 10.5 Å². The van der Waals surface area contributed by atoms with E-state index in [0.717, 1.165) is 24.0 Å². The molecule has 1 heterocycles. The Morgan fingerprint density at radius 1 is 0.976 bits per heavy atom. The highest BCUT2D eigenvalue weighted by Gasteiger charge is 2.46. The monoisotopic (exact) mass is 568 g/mol. The minimum atomic E-state index is -1.08. The lowest BCUT2D eigenvalue weighted by Gasteiger charge is -2.32. The molecule has 1 aromatic rings. The lowest BCUT2D eigenvalue weighted by molar-refractivity contribution is -0.142. The fourth-order valence-corrected chi connectivity index (χ4v) is 6.00. The second kappa shape index (κ2) is 13.0. The highest BCUT2D eigenvalue weighted by Crippen LogP contribution is 2.35. The van der Waals surface area contributed by atoms with Crippen LogP contribution in [-0.4, -0.2) is 65.8 Å². The zero-order valence-corrected chi connectivity index (χ0v) is 24.6. The zero-order chi connectivity index (χ0) is 29.8. The first kappa shape index (κ1) is 30.5. The fourth-order valence-electron chi connectivity index (χ4n) is 6.00. The molecule has 0 radical (unpaired) electrons. The van der Waals surface area contributed by atoms with Gasteiger partial charge in [-0.25, -0.2) is 4.79 Å². The molecule has 3 aliphatic rings. The lowest BCUT2D eigenvalue weighted by Crippen LogP contribution is -2.58. The SMILES string of the molecule is CC(C)COC(=O)N[C@H](C(=O)N1C[C@H](C(C)C)C[C@H]1C(=O)NC(CC1CC1)C(=O)C(N)=O)C1Cc2ccccc2C1. The van der Waals surface area contributed by atoms with Gasteiger partial charge in [-0.3, -0.25) is 19.2 Å². The highest BCUT2D eigenvalue weighted by molar-refractivity contribution is 6.37. The van der Waals surface area contributed by atoms with Crippen LogP contribution in [0.3, 0.4) is 0 Å². The van der Waals surface area contributed by atoms with Crippen molar-refractivity contribution in [2.45, 2.75) is 84.3 Å². The molecule has 41 heavy (non-hydrogen) atoms. The fraction of sp³-hybridized carbons (Fsp3) is 0.645. The van der Waals surface area contributed by atoms with Gasteiger partial charge in [-0.1, -0.05) is 64.8 Å². The third kappa shape index (κ3) is 7.65. The average molecular weight is 569 g/mol. The Bertz CT molecular complexity index is 1140. The van der Waals surface area contributed by atoms with Crippen molar-refractivity contribution in [3.63, 3.8) is 0 Å². The molecule has 1 saturated heterocycles. The molecular weight excluding hydrogens is 524 g/mol. The first-order valence-electron chi connectivity index (χ1n) is 14.9. The third-order valence-corrected chi connectivity index (χ3v) is 8.64. The van der Waals surface area contributed by atoms with Crippen LogP contribution < -0.4 is 16.4 Å². The van der Waals surface area contributed by atoms with Crippen LogP contribution in [-0.2, 0) is 36.8 Å². The van der Waals surface area contributed by atoms with Gasteiger partial charge in [0.2, 0.25) is 17.6 Å². The molecule has 0 spiro atoms. The van der Waals surface area contributed by atoms with E-state index >= 15 is 0 Å². The van der Waals surface area contributed by atoms with E-state index in [1.807, 2.05) is 52.0 Å². The molecule has 1 aromatic carbocycles. The van der Waals surface area contributed by atoms with Gasteiger partial charge >= 0.3 is 6.09 Å². The van der Waals surface area contributed by atoms with Crippen molar-refractivity contribution in [1.29, 1.82) is 0 Å². The summed E-state index contributed by atoms with van der Waals surface area (Å²) in [5.74, 6) is -2.26. The molecule has 4 rings (SSSR count). The van der Waals surface area contributed by atoms with Gasteiger partial charge in [0.15, 0.2) is 0 Å². The number of carbonyl (C=O) groups is 5. The molecule has 1 aliphatic heterocycles. The van der Waals surface area contributed by atoms with Gasteiger partial charge in [0, 0.05) is 6.54 Å². The van der Waals surface area contributed by atoms with Crippen molar-refractivity contribution in [3.05, 3.63) is 35.4 Å². The number of primary amides is 1. The van der Waals surface area contributed by atoms with E-state index in [9.17, 15) is 24.0 Å². The summed E-state index contributed by atoms with van der Waals surface area (Å²) in [6.45, 7) is 8.53. The van der Waals surface area contributed by atoms with Gasteiger partial charge in [0.05, 0.1) is 12.6 Å². The molecule has 2 aliphatic carbocycles. The molecule has 0 bridgehead atoms. The minimum Gasteiger partial charge on any atom is -0.449 e. The molecule has 1 unspecified atom stereocenters. The lowest BCUT2D eigenvalue weighted by atomic mass is 9.93. The van der Waals surface area contributed by atoms with Crippen LogP contribution >= 0.6 is 0 Å². The number of nitrogens with zero attached hydrogens (tertiary/aromatic N) is 1. The summed E-state index contributed by atoms with van der Waals surface area (Å²) < 4.78 is 5.38. The first-order chi connectivity index (χ1) is 19.4. The summed E-state index contributed by atoms with van der Waals surface area (Å²) in [5.41, 5.74) is 7.55. The number of nitrogens with two attached hydrogens (primary N) is 1. The quantitative estimate of drug-likeness (QED) is 0.330. The van der Waals surface area contributed by atoms with Gasteiger partial charge in [-0.15, -0.1) is 0 Å². The molecule has 224 valence electrons. The van der Waals surface area contributed by atoms with Crippen molar-refractivity contribution in [2.75, 3.05) is 13.2 Å². The van der Waals surface area contributed by atoms with Crippen LogP contribution in [0.5, 0.6) is 0 Å². The molecular formula is C31H44N4O6. The zero-order valence-electron chi connectivity index (χ0n) is 24.6. The van der Waals surface area contributed by atoms with Crippen molar-refractivity contribution < 1.29 is 28.7 Å². The molecule has 10 nitrogen and oxygen atoms in total. The smallest absolute Gasteiger partial charge is 0.407 e. The number of alkyl carbamates (subject to hydrolysis) is 1. The molecule has 4 N–H and O–H groups in total. The summed E-state index contributed by atoms with van der Waals surface area (Å²) in [6, 6.07) is 5.25. The number of fused-ring (bicyclic) bond motifs is 1. The normalized spacial score (nSPS) is 21.9. The topological polar surface area (TPSA) is 148 Å². The van der Waals surface area contributed by atoms with Crippen LogP contribution in [0.4, 0.5) is 4.79 Å². The Balaban J connectivity index is 1.57. The molecule has 4 atom stereocenters. The van der Waals surface area contributed by atoms with Crippen molar-refractivity contribution >= 4 is 29.6 Å². The van der Waals surface area contributed by atoms with Crippen molar-refractivity contribution in [1.82, 2.24) is 15.5 Å². The van der Waals surface area contributed by atoms with Gasteiger partial charge in [0.1, 0.15) is 12.1 Å². The number of ketones is 1. The Labute approximate surface area is 242 Å². The third-order valence-electron chi connectivity index (χ3n) is 8.64. The number of rotatable bonds is 12. The second-order valence-corrected chi connectivity index (χ2v) is 12.8. The number of ether oxygens (including phenoxy) is 1. The van der Waals surface area contributed by atoms with Crippen molar-refractivity contribution in [2.24, 2.45) is 35.3 Å². The molecule has 2 fully saturated rings. The van der Waals surface area contributed by atoms with Crippen LogP contribution in [0.2, 0.25) is 0 Å². The van der Waals surface area contributed by atoms with Gasteiger partial charge < -0.3 is 26.0 Å². The Kier molecular flexibility index (Phi) is 9.71. The number of Topliss-reactive ketones (excluding diaryl/α,β-unsaturated/α-hetero) is 1. The van der Waals surface area contributed by atoms with E-state index in [1.54, 1.807) is 4.90 Å². The van der Waals surface area contributed by atoms with E-state index < -0.39 is 41.8 Å². The molecule has 1 saturated carbocycles. The van der Waals surface area contributed by atoms with Gasteiger partial charge in [-0.2, -0.15) is 0 Å². The predicted octanol–water partition coefficient (Wildman–Crippen LogP) is 2.36. The molecule has 4 amide bonds.